The molecule has 0 saturated carbocycles. The van der Waals surface area contributed by atoms with E-state index in [1.165, 1.54) is 19.2 Å². The second-order valence-corrected chi connectivity index (χ2v) is 9.39. The molecule has 4 aromatic rings. The minimum atomic E-state index is -4.50. The van der Waals surface area contributed by atoms with Gasteiger partial charge in [0.15, 0.2) is 18.1 Å². The molecule has 0 spiro atoms. The number of hydrogen-bond acceptors (Lipinski definition) is 5. The zero-order valence-corrected chi connectivity index (χ0v) is 22.0. The number of benzene rings is 4. The third-order valence-corrected chi connectivity index (χ3v) is 6.98. The van der Waals surface area contributed by atoms with E-state index in [1.54, 1.807) is 18.1 Å². The molecule has 0 N–H and O–H groups in total. The van der Waals surface area contributed by atoms with Gasteiger partial charge in [-0.2, -0.15) is 13.2 Å². The molecule has 5 rings (SSSR count). The fraction of sp³-hybridized carbons (Fsp3) is 0.258. The topological polar surface area (TPSA) is 57.2 Å². The Bertz CT molecular complexity index is 1520. The number of methoxy groups -OCH3 is 2. The molecule has 9 heteroatoms. The molecule has 1 atom stereocenters. The van der Waals surface area contributed by atoms with Crippen molar-refractivity contribution in [2.24, 2.45) is 0 Å². The molecule has 4 aromatic carbocycles. The van der Waals surface area contributed by atoms with Crippen LogP contribution in [0.2, 0.25) is 0 Å². The van der Waals surface area contributed by atoms with E-state index in [0.717, 1.165) is 34.0 Å². The van der Waals surface area contributed by atoms with E-state index >= 15 is 0 Å². The van der Waals surface area contributed by atoms with Gasteiger partial charge in [0.25, 0.3) is 5.91 Å². The molecule has 208 valence electrons. The summed E-state index contributed by atoms with van der Waals surface area (Å²) in [6.07, 6.45) is -3.94. The van der Waals surface area contributed by atoms with Crippen molar-refractivity contribution in [3.8, 4) is 23.0 Å². The quantitative estimate of drug-likeness (QED) is 0.252. The number of hydrogen-bond donors (Lipinski definition) is 0. The van der Waals surface area contributed by atoms with Crippen LogP contribution >= 0.6 is 0 Å². The molecule has 0 saturated heterocycles. The highest BCUT2D eigenvalue weighted by Crippen LogP contribution is 2.39. The average molecular weight is 552 g/mol. The van der Waals surface area contributed by atoms with Crippen molar-refractivity contribution >= 4 is 16.7 Å². The Morgan fingerprint density at radius 3 is 2.33 bits per heavy atom. The van der Waals surface area contributed by atoms with E-state index in [9.17, 15) is 18.0 Å². The molecule has 1 aliphatic rings. The maximum Gasteiger partial charge on any atom is 0.416 e. The SMILES string of the molecule is COc1cc2c(cc1OC)C(COc1cccc(C(F)(F)F)c1)N(C(=O)COc1ccc3ccccc3c1)CC2. The van der Waals surface area contributed by atoms with Gasteiger partial charge < -0.3 is 23.8 Å². The Morgan fingerprint density at radius 1 is 0.850 bits per heavy atom. The van der Waals surface area contributed by atoms with Crippen LogP contribution in [0.1, 0.15) is 22.7 Å². The second-order valence-electron chi connectivity index (χ2n) is 9.39. The molecule has 1 unspecified atom stereocenters. The average Bonchev–Trinajstić information content (AvgIpc) is 2.97. The molecular weight excluding hydrogens is 523 g/mol. The summed E-state index contributed by atoms with van der Waals surface area (Å²) in [6, 6.07) is 21.2. The molecule has 0 bridgehead atoms. The predicted molar refractivity (Wildman–Crippen MR) is 144 cm³/mol. The molecule has 0 aliphatic carbocycles. The van der Waals surface area contributed by atoms with Crippen LogP contribution in [0.5, 0.6) is 23.0 Å². The van der Waals surface area contributed by atoms with E-state index in [-0.39, 0.29) is 24.9 Å². The zero-order valence-electron chi connectivity index (χ0n) is 22.0. The van der Waals surface area contributed by atoms with Gasteiger partial charge in [0.05, 0.1) is 25.8 Å². The van der Waals surface area contributed by atoms with Crippen molar-refractivity contribution in [2.75, 3.05) is 34.0 Å². The van der Waals surface area contributed by atoms with E-state index in [2.05, 4.69) is 0 Å². The molecule has 6 nitrogen and oxygen atoms in total. The third-order valence-electron chi connectivity index (χ3n) is 6.98. The van der Waals surface area contributed by atoms with Crippen LogP contribution in [0.15, 0.2) is 78.9 Å². The highest BCUT2D eigenvalue weighted by atomic mass is 19.4. The maximum absolute atomic E-state index is 13.5. The summed E-state index contributed by atoms with van der Waals surface area (Å²) in [6.45, 7) is 0.103. The highest BCUT2D eigenvalue weighted by Gasteiger charge is 2.34. The standard InChI is InChI=1S/C31H28F3NO5/c1-37-28-15-22-12-13-35(30(36)19-40-25-11-10-20-6-3-4-7-21(20)14-25)27(26(22)17-29(28)38-2)18-39-24-9-5-8-23(16-24)31(32,33)34/h3-11,14-17,27H,12-13,18-19H2,1-2H3. The van der Waals surface area contributed by atoms with Gasteiger partial charge in [0, 0.05) is 6.54 Å². The molecule has 0 radical (unpaired) electrons. The Kier molecular flexibility index (Phi) is 7.73. The van der Waals surface area contributed by atoms with Crippen LogP contribution in [0.25, 0.3) is 10.8 Å². The van der Waals surface area contributed by atoms with Gasteiger partial charge in [-0.3, -0.25) is 4.79 Å². The number of ether oxygens (including phenoxy) is 4. The summed E-state index contributed by atoms with van der Waals surface area (Å²) in [7, 11) is 3.06. The van der Waals surface area contributed by atoms with Crippen LogP contribution in [0, 0.1) is 0 Å². The highest BCUT2D eigenvalue weighted by molar-refractivity contribution is 5.84. The number of nitrogens with zero attached hydrogens (tertiary/aromatic N) is 1. The van der Waals surface area contributed by atoms with Gasteiger partial charge in [-0.25, -0.2) is 0 Å². The fourth-order valence-corrected chi connectivity index (χ4v) is 4.93. The molecule has 1 aliphatic heterocycles. The number of fused-ring (bicyclic) bond motifs is 2. The van der Waals surface area contributed by atoms with Crippen molar-refractivity contribution < 1.29 is 36.9 Å². The zero-order chi connectivity index (χ0) is 28.3. The van der Waals surface area contributed by atoms with Gasteiger partial charge in [-0.05, 0) is 70.8 Å². The third kappa shape index (κ3) is 5.78. The number of alkyl halides is 3. The molecule has 1 amide bonds. The summed E-state index contributed by atoms with van der Waals surface area (Å²) in [5.41, 5.74) is 0.905. The minimum absolute atomic E-state index is 0.0576. The lowest BCUT2D eigenvalue weighted by Crippen LogP contribution is -2.44. The van der Waals surface area contributed by atoms with Crippen molar-refractivity contribution in [3.05, 3.63) is 95.6 Å². The van der Waals surface area contributed by atoms with Gasteiger partial charge in [0.2, 0.25) is 0 Å². The van der Waals surface area contributed by atoms with E-state index in [1.807, 2.05) is 48.5 Å². The van der Waals surface area contributed by atoms with Crippen LogP contribution in [-0.2, 0) is 17.4 Å². The lowest BCUT2D eigenvalue weighted by Gasteiger charge is -2.37. The normalized spacial score (nSPS) is 14.9. The van der Waals surface area contributed by atoms with Crippen molar-refractivity contribution in [3.63, 3.8) is 0 Å². The minimum Gasteiger partial charge on any atom is -0.493 e. The van der Waals surface area contributed by atoms with Crippen molar-refractivity contribution in [1.29, 1.82) is 0 Å². The summed E-state index contributed by atoms with van der Waals surface area (Å²) < 4.78 is 62.4. The maximum atomic E-state index is 13.5. The van der Waals surface area contributed by atoms with Crippen molar-refractivity contribution in [2.45, 2.75) is 18.6 Å². The molecular formula is C31H28F3NO5. The number of amides is 1. The first-order chi connectivity index (χ1) is 19.3. The first-order valence-electron chi connectivity index (χ1n) is 12.7. The molecule has 0 fully saturated rings. The Labute approximate surface area is 229 Å². The van der Waals surface area contributed by atoms with Gasteiger partial charge in [-0.15, -0.1) is 0 Å². The molecule has 0 aromatic heterocycles. The molecule has 1 heterocycles. The number of halogens is 3. The smallest absolute Gasteiger partial charge is 0.416 e. The summed E-state index contributed by atoms with van der Waals surface area (Å²) in [4.78, 5) is 15.1. The Hall–Kier alpha value is -4.40. The summed E-state index contributed by atoms with van der Waals surface area (Å²) in [5.74, 6) is 1.38. The fourth-order valence-electron chi connectivity index (χ4n) is 4.93. The van der Waals surface area contributed by atoms with Gasteiger partial charge >= 0.3 is 6.18 Å². The lowest BCUT2D eigenvalue weighted by atomic mass is 9.92. The number of rotatable bonds is 8. The van der Waals surface area contributed by atoms with E-state index in [0.29, 0.717) is 30.2 Å². The van der Waals surface area contributed by atoms with E-state index in [4.69, 9.17) is 18.9 Å². The predicted octanol–water partition coefficient (Wildman–Crippen LogP) is 6.46. The Balaban J connectivity index is 1.39. The largest absolute Gasteiger partial charge is 0.493 e. The lowest BCUT2D eigenvalue weighted by molar-refractivity contribution is -0.137. The number of carbonyl (C=O) groups excluding carboxylic acids is 1. The molecule has 40 heavy (non-hydrogen) atoms. The summed E-state index contributed by atoms with van der Waals surface area (Å²) >= 11 is 0. The van der Waals surface area contributed by atoms with Crippen molar-refractivity contribution in [1.82, 2.24) is 4.90 Å². The first-order valence-corrected chi connectivity index (χ1v) is 12.7. The number of carbonyl (C=O) groups is 1. The van der Waals surface area contributed by atoms with Gasteiger partial charge in [-0.1, -0.05) is 36.4 Å². The van der Waals surface area contributed by atoms with Crippen LogP contribution in [0.4, 0.5) is 13.2 Å². The monoisotopic (exact) mass is 551 g/mol. The Morgan fingerprint density at radius 2 is 1.57 bits per heavy atom. The van der Waals surface area contributed by atoms with Crippen LogP contribution < -0.4 is 18.9 Å². The van der Waals surface area contributed by atoms with Crippen LogP contribution in [0.3, 0.4) is 0 Å². The van der Waals surface area contributed by atoms with Crippen LogP contribution in [-0.4, -0.2) is 44.8 Å². The van der Waals surface area contributed by atoms with E-state index < -0.39 is 17.8 Å². The van der Waals surface area contributed by atoms with Gasteiger partial charge in [0.1, 0.15) is 18.1 Å². The second kappa shape index (κ2) is 11.4. The summed E-state index contributed by atoms with van der Waals surface area (Å²) in [5, 5.41) is 2.05. The first kappa shape index (κ1) is 27.2.